The molecule has 1 heterocycles. The Balaban J connectivity index is 2.48. The number of carboxylic acid groups (broad SMARTS) is 1. The van der Waals surface area contributed by atoms with Crippen molar-refractivity contribution in [3.63, 3.8) is 0 Å². The van der Waals surface area contributed by atoms with E-state index in [0.717, 1.165) is 5.56 Å². The predicted molar refractivity (Wildman–Crippen MR) is 77.2 cm³/mol. The highest BCUT2D eigenvalue weighted by Gasteiger charge is 2.44. The lowest BCUT2D eigenvalue weighted by molar-refractivity contribution is -0.145. The molecule has 1 amide bonds. The molecule has 0 saturated carbocycles. The van der Waals surface area contributed by atoms with Gasteiger partial charge in [0.2, 0.25) is 5.91 Å². The molecule has 0 aliphatic carbocycles. The standard InChI is InChI=1S/C14H15Cl2NO3/c1-8(13(19)20)14(5-4-12(18)17-7-14)9-2-3-10(15)11(16)6-9/h2-3,6,8H,4-5,7H2,1H3,(H,17,18)(H,19,20). The lowest BCUT2D eigenvalue weighted by Crippen LogP contribution is -2.51. The summed E-state index contributed by atoms with van der Waals surface area (Å²) in [6.45, 7) is 1.94. The molecule has 0 spiro atoms. The maximum absolute atomic E-state index is 11.4. The van der Waals surface area contributed by atoms with E-state index in [1.54, 1.807) is 25.1 Å². The number of carbonyl (C=O) groups is 2. The summed E-state index contributed by atoms with van der Waals surface area (Å²) in [5.41, 5.74) is 0.135. The SMILES string of the molecule is CC(C(=O)O)C1(c2ccc(Cl)c(Cl)c2)CCC(=O)NC1. The maximum Gasteiger partial charge on any atom is 0.307 e. The van der Waals surface area contributed by atoms with Crippen molar-refractivity contribution in [2.24, 2.45) is 5.92 Å². The molecule has 1 aromatic carbocycles. The quantitative estimate of drug-likeness (QED) is 0.901. The second-order valence-corrected chi connectivity index (χ2v) is 5.94. The zero-order valence-corrected chi connectivity index (χ0v) is 12.5. The van der Waals surface area contributed by atoms with Crippen LogP contribution in [0.25, 0.3) is 0 Å². The summed E-state index contributed by atoms with van der Waals surface area (Å²) in [6, 6.07) is 5.14. The number of piperidine rings is 1. The van der Waals surface area contributed by atoms with E-state index >= 15 is 0 Å². The lowest BCUT2D eigenvalue weighted by atomic mass is 9.66. The van der Waals surface area contributed by atoms with Gasteiger partial charge in [-0.05, 0) is 24.1 Å². The third-order valence-corrected chi connectivity index (χ3v) is 4.83. The third-order valence-electron chi connectivity index (χ3n) is 4.09. The summed E-state index contributed by atoms with van der Waals surface area (Å²) in [5.74, 6) is -1.59. The second-order valence-electron chi connectivity index (χ2n) is 5.12. The summed E-state index contributed by atoms with van der Waals surface area (Å²) in [6.07, 6.45) is 0.780. The van der Waals surface area contributed by atoms with Gasteiger partial charge >= 0.3 is 5.97 Å². The van der Waals surface area contributed by atoms with Crippen molar-refractivity contribution in [3.05, 3.63) is 33.8 Å². The Labute approximate surface area is 127 Å². The molecule has 108 valence electrons. The topological polar surface area (TPSA) is 66.4 Å². The van der Waals surface area contributed by atoms with Crippen molar-refractivity contribution in [2.75, 3.05) is 6.54 Å². The Hall–Kier alpha value is -1.26. The van der Waals surface area contributed by atoms with Crippen LogP contribution in [0.1, 0.15) is 25.3 Å². The lowest BCUT2D eigenvalue weighted by Gasteiger charge is -2.41. The molecule has 1 aromatic rings. The van der Waals surface area contributed by atoms with Crippen molar-refractivity contribution in [1.82, 2.24) is 5.32 Å². The number of hydrogen-bond acceptors (Lipinski definition) is 2. The van der Waals surface area contributed by atoms with Crippen molar-refractivity contribution in [1.29, 1.82) is 0 Å². The first-order chi connectivity index (χ1) is 9.36. The number of carbonyl (C=O) groups excluding carboxylic acids is 1. The highest BCUT2D eigenvalue weighted by atomic mass is 35.5. The zero-order valence-electron chi connectivity index (χ0n) is 11.0. The first kappa shape index (κ1) is 15.1. The van der Waals surface area contributed by atoms with E-state index in [1.807, 2.05) is 0 Å². The van der Waals surface area contributed by atoms with E-state index in [2.05, 4.69) is 5.32 Å². The van der Waals surface area contributed by atoms with Crippen molar-refractivity contribution in [2.45, 2.75) is 25.2 Å². The largest absolute Gasteiger partial charge is 0.481 e. The number of amides is 1. The Kier molecular flexibility index (Phi) is 4.25. The summed E-state index contributed by atoms with van der Waals surface area (Å²) in [4.78, 5) is 22.8. The fourth-order valence-electron chi connectivity index (χ4n) is 2.68. The number of nitrogens with one attached hydrogen (secondary N) is 1. The van der Waals surface area contributed by atoms with Crippen LogP contribution in [0.15, 0.2) is 18.2 Å². The summed E-state index contributed by atoms with van der Waals surface area (Å²) in [5, 5.41) is 13.0. The van der Waals surface area contributed by atoms with E-state index < -0.39 is 17.3 Å². The molecule has 2 unspecified atom stereocenters. The van der Waals surface area contributed by atoms with Crippen LogP contribution in [-0.4, -0.2) is 23.5 Å². The fourth-order valence-corrected chi connectivity index (χ4v) is 2.98. The molecule has 2 N–H and O–H groups in total. The van der Waals surface area contributed by atoms with Gasteiger partial charge in [-0.3, -0.25) is 9.59 Å². The Morgan fingerprint density at radius 1 is 1.40 bits per heavy atom. The maximum atomic E-state index is 11.4. The van der Waals surface area contributed by atoms with E-state index in [-0.39, 0.29) is 12.5 Å². The molecule has 0 bridgehead atoms. The van der Waals surface area contributed by atoms with Crippen LogP contribution in [0.2, 0.25) is 10.0 Å². The van der Waals surface area contributed by atoms with Gasteiger partial charge in [-0.2, -0.15) is 0 Å². The van der Waals surface area contributed by atoms with Gasteiger partial charge in [-0.25, -0.2) is 0 Å². The van der Waals surface area contributed by atoms with Crippen LogP contribution < -0.4 is 5.32 Å². The Morgan fingerprint density at radius 2 is 2.10 bits per heavy atom. The normalized spacial score (nSPS) is 24.1. The highest BCUT2D eigenvalue weighted by Crippen LogP contribution is 2.40. The smallest absolute Gasteiger partial charge is 0.307 e. The molecule has 0 radical (unpaired) electrons. The molecule has 4 nitrogen and oxygen atoms in total. The first-order valence-electron chi connectivity index (χ1n) is 6.32. The third kappa shape index (κ3) is 2.63. The fraction of sp³-hybridized carbons (Fsp3) is 0.429. The van der Waals surface area contributed by atoms with Gasteiger partial charge in [0.15, 0.2) is 0 Å². The number of carboxylic acids is 1. The molecule has 2 rings (SSSR count). The summed E-state index contributed by atoms with van der Waals surface area (Å²) < 4.78 is 0. The van der Waals surface area contributed by atoms with Gasteiger partial charge < -0.3 is 10.4 Å². The van der Waals surface area contributed by atoms with Gasteiger partial charge in [-0.1, -0.05) is 36.2 Å². The van der Waals surface area contributed by atoms with E-state index in [4.69, 9.17) is 23.2 Å². The summed E-state index contributed by atoms with van der Waals surface area (Å²) >= 11 is 12.0. The average Bonchev–Trinajstić information content (AvgIpc) is 2.42. The van der Waals surface area contributed by atoms with E-state index in [0.29, 0.717) is 22.9 Å². The van der Waals surface area contributed by atoms with Crippen LogP contribution in [0.3, 0.4) is 0 Å². The number of halogens is 2. The average molecular weight is 316 g/mol. The van der Waals surface area contributed by atoms with Crippen LogP contribution in [0.5, 0.6) is 0 Å². The number of rotatable bonds is 3. The van der Waals surface area contributed by atoms with Crippen molar-refractivity contribution >= 4 is 35.1 Å². The first-order valence-corrected chi connectivity index (χ1v) is 7.07. The number of aliphatic carboxylic acids is 1. The minimum absolute atomic E-state index is 0.0572. The van der Waals surface area contributed by atoms with E-state index in [9.17, 15) is 14.7 Å². The monoisotopic (exact) mass is 315 g/mol. The number of benzene rings is 1. The van der Waals surface area contributed by atoms with Gasteiger partial charge in [-0.15, -0.1) is 0 Å². The van der Waals surface area contributed by atoms with Crippen molar-refractivity contribution < 1.29 is 14.7 Å². The highest BCUT2D eigenvalue weighted by molar-refractivity contribution is 6.42. The number of hydrogen-bond donors (Lipinski definition) is 2. The van der Waals surface area contributed by atoms with Crippen LogP contribution >= 0.6 is 23.2 Å². The Morgan fingerprint density at radius 3 is 2.60 bits per heavy atom. The van der Waals surface area contributed by atoms with E-state index in [1.165, 1.54) is 0 Å². The molecule has 0 aromatic heterocycles. The minimum atomic E-state index is -0.896. The molecule has 2 atom stereocenters. The molecular formula is C14H15Cl2NO3. The van der Waals surface area contributed by atoms with Crippen LogP contribution in [0.4, 0.5) is 0 Å². The molecular weight excluding hydrogens is 301 g/mol. The minimum Gasteiger partial charge on any atom is -0.481 e. The van der Waals surface area contributed by atoms with Crippen LogP contribution in [-0.2, 0) is 15.0 Å². The van der Waals surface area contributed by atoms with Crippen LogP contribution in [0, 0.1) is 5.92 Å². The molecule has 1 aliphatic heterocycles. The van der Waals surface area contributed by atoms with Gasteiger partial charge in [0.25, 0.3) is 0 Å². The Bertz CT molecular complexity index is 549. The van der Waals surface area contributed by atoms with Gasteiger partial charge in [0.1, 0.15) is 0 Å². The molecule has 1 fully saturated rings. The summed E-state index contributed by atoms with van der Waals surface area (Å²) in [7, 11) is 0. The molecule has 20 heavy (non-hydrogen) atoms. The molecule has 1 saturated heterocycles. The zero-order chi connectivity index (χ0) is 14.9. The predicted octanol–water partition coefficient (Wildman–Crippen LogP) is 2.86. The van der Waals surface area contributed by atoms with Gasteiger partial charge in [0.05, 0.1) is 16.0 Å². The molecule has 1 aliphatic rings. The van der Waals surface area contributed by atoms with Crippen molar-refractivity contribution in [3.8, 4) is 0 Å². The molecule has 6 heteroatoms. The second kappa shape index (κ2) is 5.62. The van der Waals surface area contributed by atoms with Gasteiger partial charge in [0, 0.05) is 18.4 Å².